The molecule has 78 valence electrons. The zero-order chi connectivity index (χ0) is 10.4. The van der Waals surface area contributed by atoms with Crippen LogP contribution in [0.1, 0.15) is 40.5 Å². The summed E-state index contributed by atoms with van der Waals surface area (Å²) in [5.74, 6) is 1.51. The fourth-order valence-corrected chi connectivity index (χ4v) is 1.45. The maximum atomic E-state index is 11.4. The zero-order valence-corrected chi connectivity index (χ0v) is 9.34. The smallest absolute Gasteiger partial charge is 0.135 e. The minimum absolute atomic E-state index is 0.154. The lowest BCUT2D eigenvalue weighted by atomic mass is 9.90. The normalized spacial score (nSPS) is 13.8. The topological polar surface area (TPSA) is 43.1 Å². The fourth-order valence-electron chi connectivity index (χ4n) is 1.45. The highest BCUT2D eigenvalue weighted by molar-refractivity contribution is 5.80. The number of Topliss-reactive ketones (excluding diaryl/α,β-unsaturated/α-hetero) is 1. The number of ketones is 1. The Balaban J connectivity index is 3.90. The van der Waals surface area contributed by atoms with Gasteiger partial charge in [0.05, 0.1) is 0 Å². The number of rotatable bonds is 6. The van der Waals surface area contributed by atoms with Crippen molar-refractivity contribution in [2.75, 3.05) is 6.54 Å². The summed E-state index contributed by atoms with van der Waals surface area (Å²) in [4.78, 5) is 11.4. The molecule has 0 radical (unpaired) electrons. The highest BCUT2D eigenvalue weighted by Gasteiger charge is 2.15. The third-order valence-electron chi connectivity index (χ3n) is 2.27. The second kappa shape index (κ2) is 6.14. The Morgan fingerprint density at radius 1 is 1.23 bits per heavy atom. The van der Waals surface area contributed by atoms with Crippen LogP contribution in [-0.2, 0) is 4.79 Å². The minimum atomic E-state index is 0.154. The molecule has 0 aliphatic heterocycles. The standard InChI is InChI=1S/C11H23NO/c1-8(2)5-10(7-12)6-11(13)9(3)4/h8-10H,5-7,12H2,1-4H3/t10-/m0/s1. The van der Waals surface area contributed by atoms with Gasteiger partial charge in [-0.25, -0.2) is 0 Å². The molecule has 0 unspecified atom stereocenters. The van der Waals surface area contributed by atoms with E-state index in [4.69, 9.17) is 5.73 Å². The van der Waals surface area contributed by atoms with Gasteiger partial charge in [-0.2, -0.15) is 0 Å². The predicted octanol–water partition coefficient (Wildman–Crippen LogP) is 2.22. The van der Waals surface area contributed by atoms with Gasteiger partial charge >= 0.3 is 0 Å². The van der Waals surface area contributed by atoms with E-state index in [0.717, 1.165) is 6.42 Å². The molecule has 2 nitrogen and oxygen atoms in total. The molecule has 0 amide bonds. The van der Waals surface area contributed by atoms with Crippen LogP contribution >= 0.6 is 0 Å². The second-order valence-electron chi connectivity index (χ2n) is 4.56. The Bertz CT molecular complexity index is 152. The average Bonchev–Trinajstić information content (AvgIpc) is 2.02. The van der Waals surface area contributed by atoms with Crippen LogP contribution in [0.15, 0.2) is 0 Å². The van der Waals surface area contributed by atoms with Crippen molar-refractivity contribution in [3.63, 3.8) is 0 Å². The second-order valence-corrected chi connectivity index (χ2v) is 4.56. The summed E-state index contributed by atoms with van der Waals surface area (Å²) in [5, 5.41) is 0. The quantitative estimate of drug-likeness (QED) is 0.689. The zero-order valence-electron chi connectivity index (χ0n) is 9.34. The van der Waals surface area contributed by atoms with Crippen LogP contribution in [-0.4, -0.2) is 12.3 Å². The van der Waals surface area contributed by atoms with Gasteiger partial charge in [-0.05, 0) is 24.8 Å². The van der Waals surface area contributed by atoms with Gasteiger partial charge in [0.1, 0.15) is 5.78 Å². The van der Waals surface area contributed by atoms with Crippen LogP contribution in [0.3, 0.4) is 0 Å². The first-order chi connectivity index (χ1) is 5.97. The van der Waals surface area contributed by atoms with Crippen molar-refractivity contribution in [1.82, 2.24) is 0 Å². The third-order valence-corrected chi connectivity index (χ3v) is 2.27. The third kappa shape index (κ3) is 5.81. The number of carbonyl (C=O) groups excluding carboxylic acids is 1. The average molecular weight is 185 g/mol. The van der Waals surface area contributed by atoms with Crippen molar-refractivity contribution in [2.24, 2.45) is 23.5 Å². The van der Waals surface area contributed by atoms with Crippen molar-refractivity contribution in [3.05, 3.63) is 0 Å². The Kier molecular flexibility index (Phi) is 5.97. The van der Waals surface area contributed by atoms with Crippen LogP contribution in [0.4, 0.5) is 0 Å². The van der Waals surface area contributed by atoms with E-state index < -0.39 is 0 Å². The summed E-state index contributed by atoms with van der Waals surface area (Å²) in [6, 6.07) is 0. The van der Waals surface area contributed by atoms with E-state index in [1.54, 1.807) is 0 Å². The largest absolute Gasteiger partial charge is 0.330 e. The van der Waals surface area contributed by atoms with Crippen LogP contribution in [0, 0.1) is 17.8 Å². The molecule has 0 aromatic carbocycles. The van der Waals surface area contributed by atoms with Crippen molar-refractivity contribution in [3.8, 4) is 0 Å². The Morgan fingerprint density at radius 3 is 2.08 bits per heavy atom. The number of nitrogens with two attached hydrogens (primary N) is 1. The van der Waals surface area contributed by atoms with Gasteiger partial charge < -0.3 is 5.73 Å². The van der Waals surface area contributed by atoms with Gasteiger partial charge in [-0.1, -0.05) is 27.7 Å². The van der Waals surface area contributed by atoms with Crippen LogP contribution < -0.4 is 5.73 Å². The summed E-state index contributed by atoms with van der Waals surface area (Å²) in [5.41, 5.74) is 5.62. The first-order valence-electron chi connectivity index (χ1n) is 5.20. The van der Waals surface area contributed by atoms with Crippen LogP contribution in [0.2, 0.25) is 0 Å². The summed E-state index contributed by atoms with van der Waals surface area (Å²) >= 11 is 0. The molecule has 0 saturated heterocycles. The lowest BCUT2D eigenvalue weighted by molar-refractivity contribution is -0.122. The molecule has 0 heterocycles. The van der Waals surface area contributed by atoms with Gasteiger partial charge in [0.2, 0.25) is 0 Å². The molecule has 2 N–H and O–H groups in total. The summed E-state index contributed by atoms with van der Waals surface area (Å²) < 4.78 is 0. The monoisotopic (exact) mass is 185 g/mol. The molecule has 13 heavy (non-hydrogen) atoms. The molecule has 0 saturated carbocycles. The van der Waals surface area contributed by atoms with E-state index >= 15 is 0 Å². The molecule has 0 aromatic heterocycles. The minimum Gasteiger partial charge on any atom is -0.330 e. The highest BCUT2D eigenvalue weighted by Crippen LogP contribution is 2.16. The van der Waals surface area contributed by atoms with Gasteiger partial charge in [0, 0.05) is 12.3 Å². The maximum absolute atomic E-state index is 11.4. The molecular weight excluding hydrogens is 162 g/mol. The molecule has 0 rings (SSSR count). The molecule has 2 heteroatoms. The summed E-state index contributed by atoms with van der Waals surface area (Å²) in [6.07, 6.45) is 1.72. The molecule has 1 atom stereocenters. The van der Waals surface area contributed by atoms with E-state index in [2.05, 4.69) is 13.8 Å². The SMILES string of the molecule is CC(C)C[C@H](CN)CC(=O)C(C)C. The number of hydrogen-bond donors (Lipinski definition) is 1. The molecule has 0 aliphatic carbocycles. The fraction of sp³-hybridized carbons (Fsp3) is 0.909. The van der Waals surface area contributed by atoms with Gasteiger partial charge in [0.25, 0.3) is 0 Å². The number of carbonyl (C=O) groups is 1. The van der Waals surface area contributed by atoms with E-state index in [9.17, 15) is 4.79 Å². The van der Waals surface area contributed by atoms with Gasteiger partial charge in [0.15, 0.2) is 0 Å². The van der Waals surface area contributed by atoms with Crippen molar-refractivity contribution in [2.45, 2.75) is 40.5 Å². The first-order valence-corrected chi connectivity index (χ1v) is 5.20. The molecule has 0 fully saturated rings. The summed E-state index contributed by atoms with van der Waals surface area (Å²) in [7, 11) is 0. The molecule has 0 spiro atoms. The van der Waals surface area contributed by atoms with Crippen molar-refractivity contribution in [1.29, 1.82) is 0 Å². The lowest BCUT2D eigenvalue weighted by Crippen LogP contribution is -2.22. The molecule has 0 aromatic rings. The number of hydrogen-bond acceptors (Lipinski definition) is 2. The Morgan fingerprint density at radius 2 is 1.77 bits per heavy atom. The maximum Gasteiger partial charge on any atom is 0.135 e. The van der Waals surface area contributed by atoms with E-state index in [0.29, 0.717) is 30.6 Å². The van der Waals surface area contributed by atoms with Crippen LogP contribution in [0.25, 0.3) is 0 Å². The first kappa shape index (κ1) is 12.6. The summed E-state index contributed by atoms with van der Waals surface area (Å²) in [6.45, 7) is 8.87. The van der Waals surface area contributed by atoms with Crippen molar-refractivity contribution >= 4 is 5.78 Å². The van der Waals surface area contributed by atoms with E-state index in [1.807, 2.05) is 13.8 Å². The lowest BCUT2D eigenvalue weighted by Gasteiger charge is -2.17. The van der Waals surface area contributed by atoms with E-state index in [1.165, 1.54) is 0 Å². The van der Waals surface area contributed by atoms with Gasteiger partial charge in [-0.3, -0.25) is 4.79 Å². The van der Waals surface area contributed by atoms with Gasteiger partial charge in [-0.15, -0.1) is 0 Å². The van der Waals surface area contributed by atoms with E-state index in [-0.39, 0.29) is 5.92 Å². The van der Waals surface area contributed by atoms with Crippen LogP contribution in [0.5, 0.6) is 0 Å². The molecular formula is C11H23NO. The highest BCUT2D eigenvalue weighted by atomic mass is 16.1. The Hall–Kier alpha value is -0.370. The van der Waals surface area contributed by atoms with Crippen molar-refractivity contribution < 1.29 is 4.79 Å². The molecule has 0 bridgehead atoms. The predicted molar refractivity (Wildman–Crippen MR) is 56.5 cm³/mol. The molecule has 0 aliphatic rings. The Labute approximate surface area is 81.9 Å².